The van der Waals surface area contributed by atoms with Crippen LogP contribution in [0.3, 0.4) is 0 Å². The van der Waals surface area contributed by atoms with Crippen LogP contribution in [0.4, 0.5) is 23.2 Å². The lowest BCUT2D eigenvalue weighted by molar-refractivity contribution is -0.137. The highest BCUT2D eigenvalue weighted by Crippen LogP contribution is 2.32. The third kappa shape index (κ3) is 3.50. The van der Waals surface area contributed by atoms with E-state index in [0.29, 0.717) is 18.2 Å². The minimum absolute atomic E-state index is 0.00758. The first kappa shape index (κ1) is 14.8. The molecule has 0 fully saturated rings. The van der Waals surface area contributed by atoms with Gasteiger partial charge in [-0.15, -0.1) is 0 Å². The quantitative estimate of drug-likeness (QED) is 0.829. The Labute approximate surface area is 116 Å². The van der Waals surface area contributed by atoms with Gasteiger partial charge in [-0.2, -0.15) is 13.2 Å². The molecular weight excluding hydrogens is 290 g/mol. The van der Waals surface area contributed by atoms with Gasteiger partial charge in [-0.1, -0.05) is 6.07 Å². The van der Waals surface area contributed by atoms with E-state index in [9.17, 15) is 27.5 Å². The van der Waals surface area contributed by atoms with Gasteiger partial charge in [0.2, 0.25) is 0 Å². The van der Waals surface area contributed by atoms with Gasteiger partial charge >= 0.3 is 6.18 Å². The highest BCUT2D eigenvalue weighted by Gasteiger charge is 2.31. The zero-order valence-electron chi connectivity index (χ0n) is 10.4. The molecule has 2 aromatic carbocycles. The highest BCUT2D eigenvalue weighted by molar-refractivity contribution is 6.04. The number of benzene rings is 2. The fourth-order valence-electron chi connectivity index (χ4n) is 1.64. The average molecular weight is 299 g/mol. The van der Waals surface area contributed by atoms with E-state index in [0.717, 1.165) is 6.07 Å². The van der Waals surface area contributed by atoms with Crippen molar-refractivity contribution in [2.75, 3.05) is 5.32 Å². The largest absolute Gasteiger partial charge is 0.508 e. The summed E-state index contributed by atoms with van der Waals surface area (Å²) in [7, 11) is 0. The Balaban J connectivity index is 2.29. The molecule has 3 nitrogen and oxygen atoms in total. The lowest BCUT2D eigenvalue weighted by Crippen LogP contribution is -2.14. The number of rotatable bonds is 2. The maximum absolute atomic E-state index is 13.5. The van der Waals surface area contributed by atoms with Gasteiger partial charge in [-0.3, -0.25) is 4.79 Å². The van der Waals surface area contributed by atoms with Crippen molar-refractivity contribution in [3.05, 3.63) is 59.4 Å². The van der Waals surface area contributed by atoms with Gasteiger partial charge in [-0.25, -0.2) is 4.39 Å². The molecule has 0 saturated heterocycles. The molecule has 21 heavy (non-hydrogen) atoms. The minimum atomic E-state index is -4.64. The van der Waals surface area contributed by atoms with Crippen LogP contribution in [0.2, 0.25) is 0 Å². The van der Waals surface area contributed by atoms with Crippen LogP contribution in [0.1, 0.15) is 15.9 Å². The molecule has 0 aliphatic heterocycles. The first-order valence-electron chi connectivity index (χ1n) is 5.74. The summed E-state index contributed by atoms with van der Waals surface area (Å²) in [6.07, 6.45) is -4.64. The van der Waals surface area contributed by atoms with Gasteiger partial charge in [0.15, 0.2) is 0 Å². The number of carbonyl (C=O) groups is 1. The molecule has 2 N–H and O–H groups in total. The third-order valence-electron chi connectivity index (χ3n) is 2.65. The molecular formula is C14H9F4NO2. The number of aromatic hydroxyl groups is 1. The molecule has 0 aliphatic carbocycles. The highest BCUT2D eigenvalue weighted by atomic mass is 19.4. The van der Waals surface area contributed by atoms with E-state index >= 15 is 0 Å². The molecule has 2 aromatic rings. The maximum atomic E-state index is 13.5. The van der Waals surface area contributed by atoms with Crippen molar-refractivity contribution < 1.29 is 27.5 Å². The Morgan fingerprint density at radius 3 is 2.43 bits per heavy atom. The Kier molecular flexibility index (Phi) is 3.84. The first-order chi connectivity index (χ1) is 9.77. The van der Waals surface area contributed by atoms with Gasteiger partial charge < -0.3 is 10.4 Å². The second-order valence-electron chi connectivity index (χ2n) is 4.20. The predicted molar refractivity (Wildman–Crippen MR) is 67.5 cm³/mol. The van der Waals surface area contributed by atoms with Crippen LogP contribution in [-0.4, -0.2) is 11.0 Å². The number of phenolic OH excluding ortho intramolecular Hbond substituents is 1. The molecule has 7 heteroatoms. The molecule has 0 atom stereocenters. The van der Waals surface area contributed by atoms with Gasteiger partial charge in [0.1, 0.15) is 11.6 Å². The molecule has 0 saturated carbocycles. The number of nitrogens with one attached hydrogen (secondary N) is 1. The predicted octanol–water partition coefficient (Wildman–Crippen LogP) is 3.80. The van der Waals surface area contributed by atoms with E-state index in [2.05, 4.69) is 0 Å². The zero-order chi connectivity index (χ0) is 15.6. The lowest BCUT2D eigenvalue weighted by Gasteiger charge is -2.11. The zero-order valence-corrected chi connectivity index (χ0v) is 10.4. The van der Waals surface area contributed by atoms with Crippen molar-refractivity contribution in [2.24, 2.45) is 0 Å². The number of phenols is 1. The normalized spacial score (nSPS) is 11.2. The average Bonchev–Trinajstić information content (AvgIpc) is 2.40. The third-order valence-corrected chi connectivity index (χ3v) is 2.65. The number of amides is 1. The molecule has 0 spiro atoms. The first-order valence-corrected chi connectivity index (χ1v) is 5.74. The number of halogens is 4. The minimum Gasteiger partial charge on any atom is -0.508 e. The smallest absolute Gasteiger partial charge is 0.416 e. The summed E-state index contributed by atoms with van der Waals surface area (Å²) in [4.78, 5) is 11.8. The van der Waals surface area contributed by atoms with Crippen molar-refractivity contribution in [1.82, 2.24) is 0 Å². The van der Waals surface area contributed by atoms with E-state index in [1.807, 2.05) is 5.32 Å². The van der Waals surface area contributed by atoms with E-state index in [1.165, 1.54) is 18.2 Å². The summed E-state index contributed by atoms with van der Waals surface area (Å²) in [5, 5.41) is 11.3. The van der Waals surface area contributed by atoms with Gasteiger partial charge in [0, 0.05) is 5.56 Å². The Bertz CT molecular complexity index is 683. The Hall–Kier alpha value is -2.57. The maximum Gasteiger partial charge on any atom is 0.416 e. The van der Waals surface area contributed by atoms with Crippen molar-refractivity contribution in [3.8, 4) is 5.75 Å². The number of carbonyl (C=O) groups excluding carboxylic acids is 1. The van der Waals surface area contributed by atoms with Gasteiger partial charge in [0.25, 0.3) is 5.91 Å². The fourth-order valence-corrected chi connectivity index (χ4v) is 1.64. The molecule has 0 radical (unpaired) electrons. The van der Waals surface area contributed by atoms with Gasteiger partial charge in [-0.05, 0) is 36.4 Å². The molecule has 0 bridgehead atoms. The Morgan fingerprint density at radius 1 is 1.10 bits per heavy atom. The monoisotopic (exact) mass is 299 g/mol. The lowest BCUT2D eigenvalue weighted by atomic mass is 10.1. The second kappa shape index (κ2) is 5.43. The number of hydrogen-bond donors (Lipinski definition) is 2. The molecule has 0 heterocycles. The van der Waals surface area contributed by atoms with Crippen LogP contribution in [-0.2, 0) is 6.18 Å². The summed E-state index contributed by atoms with van der Waals surface area (Å²) in [5.41, 5.74) is -1.67. The number of alkyl halides is 3. The summed E-state index contributed by atoms with van der Waals surface area (Å²) >= 11 is 0. The topological polar surface area (TPSA) is 49.3 Å². The van der Waals surface area contributed by atoms with Crippen LogP contribution < -0.4 is 5.32 Å². The van der Waals surface area contributed by atoms with E-state index in [-0.39, 0.29) is 11.3 Å². The molecule has 1 amide bonds. The van der Waals surface area contributed by atoms with E-state index < -0.39 is 29.2 Å². The van der Waals surface area contributed by atoms with Crippen molar-refractivity contribution in [2.45, 2.75) is 6.18 Å². The summed E-state index contributed by atoms with van der Waals surface area (Å²) in [6, 6.07) is 6.87. The number of hydrogen-bond acceptors (Lipinski definition) is 2. The molecule has 0 unspecified atom stereocenters. The van der Waals surface area contributed by atoms with Crippen molar-refractivity contribution >= 4 is 11.6 Å². The molecule has 0 aliphatic rings. The molecule has 2 rings (SSSR count). The van der Waals surface area contributed by atoms with Crippen molar-refractivity contribution in [3.63, 3.8) is 0 Å². The second-order valence-corrected chi connectivity index (χ2v) is 4.20. The van der Waals surface area contributed by atoms with E-state index in [4.69, 9.17) is 0 Å². The van der Waals surface area contributed by atoms with Crippen molar-refractivity contribution in [1.29, 1.82) is 0 Å². The summed E-state index contributed by atoms with van der Waals surface area (Å²) in [6.45, 7) is 0. The van der Waals surface area contributed by atoms with Crippen LogP contribution in [0.25, 0.3) is 0 Å². The molecule has 0 aromatic heterocycles. The summed E-state index contributed by atoms with van der Waals surface area (Å²) in [5.74, 6) is -2.01. The van der Waals surface area contributed by atoms with Crippen LogP contribution in [0.15, 0.2) is 42.5 Å². The van der Waals surface area contributed by atoms with Crippen LogP contribution in [0, 0.1) is 5.82 Å². The van der Waals surface area contributed by atoms with Crippen LogP contribution >= 0.6 is 0 Å². The molecule has 110 valence electrons. The SMILES string of the molecule is O=C(Nc1cc(C(F)(F)F)ccc1F)c1cccc(O)c1. The fraction of sp³-hybridized carbons (Fsp3) is 0.0714. The van der Waals surface area contributed by atoms with E-state index in [1.54, 1.807) is 0 Å². The Morgan fingerprint density at radius 2 is 1.81 bits per heavy atom. The number of anilines is 1. The van der Waals surface area contributed by atoms with Crippen LogP contribution in [0.5, 0.6) is 5.75 Å². The standard InChI is InChI=1S/C14H9F4NO2/c15-11-5-4-9(14(16,17)18)7-12(11)19-13(21)8-2-1-3-10(20)6-8/h1-7,20H,(H,19,21). The van der Waals surface area contributed by atoms with Gasteiger partial charge in [0.05, 0.1) is 11.3 Å². The summed E-state index contributed by atoms with van der Waals surface area (Å²) < 4.78 is 51.1.